The van der Waals surface area contributed by atoms with E-state index in [1.165, 1.54) is 0 Å². The summed E-state index contributed by atoms with van der Waals surface area (Å²) in [4.78, 5) is 0. The third-order valence-corrected chi connectivity index (χ3v) is 3.92. The van der Waals surface area contributed by atoms with Gasteiger partial charge in [0.2, 0.25) is 0 Å². The van der Waals surface area contributed by atoms with E-state index in [4.69, 9.17) is 14.9 Å². The maximum atomic E-state index is 5.76. The highest BCUT2D eigenvalue weighted by atomic mass is 16.5. The van der Waals surface area contributed by atoms with Gasteiger partial charge in [-0.25, -0.2) is 0 Å². The first kappa shape index (κ1) is 15.4. The van der Waals surface area contributed by atoms with Gasteiger partial charge in [-0.1, -0.05) is 31.7 Å². The van der Waals surface area contributed by atoms with Gasteiger partial charge in [0.15, 0.2) is 0 Å². The highest BCUT2D eigenvalue weighted by Gasteiger charge is 2.10. The van der Waals surface area contributed by atoms with Crippen LogP contribution in [0.3, 0.4) is 0 Å². The zero-order valence-electron chi connectivity index (χ0n) is 13.3. The Labute approximate surface area is 136 Å². The summed E-state index contributed by atoms with van der Waals surface area (Å²) < 4.78 is 11.4. The summed E-state index contributed by atoms with van der Waals surface area (Å²) in [5, 5.41) is 1.07. The Kier molecular flexibility index (Phi) is 4.49. The Bertz CT molecular complexity index is 833. The standard InChI is InChI=1S/C20H21NO2/c1-3-14(2)23-13-16-10-18-7-8-22-20(18)19(11-16)17-6-4-5-15(9-17)12-21/h4-11H,2-3,12-13,21H2,1H3. The van der Waals surface area contributed by atoms with Crippen molar-refractivity contribution >= 4 is 11.0 Å². The molecule has 3 nitrogen and oxygen atoms in total. The van der Waals surface area contributed by atoms with Gasteiger partial charge in [0.1, 0.15) is 12.2 Å². The Hall–Kier alpha value is -2.52. The van der Waals surface area contributed by atoms with Gasteiger partial charge in [-0.3, -0.25) is 0 Å². The molecule has 2 N–H and O–H groups in total. The van der Waals surface area contributed by atoms with Crippen LogP contribution in [0.1, 0.15) is 24.5 Å². The SMILES string of the molecule is C=C(CC)OCc1cc(-c2cccc(CN)c2)c2occc2c1. The van der Waals surface area contributed by atoms with Crippen LogP contribution in [0.5, 0.6) is 0 Å². The summed E-state index contributed by atoms with van der Waals surface area (Å²) in [6, 6.07) is 14.4. The van der Waals surface area contributed by atoms with Crippen molar-refractivity contribution in [1.82, 2.24) is 0 Å². The summed E-state index contributed by atoms with van der Waals surface area (Å²) in [6.45, 7) is 6.96. The maximum absolute atomic E-state index is 5.76. The molecule has 0 aliphatic rings. The number of ether oxygens (including phenoxy) is 1. The first-order chi connectivity index (χ1) is 11.2. The highest BCUT2D eigenvalue weighted by Crippen LogP contribution is 2.32. The van der Waals surface area contributed by atoms with E-state index in [1.54, 1.807) is 6.26 Å². The van der Waals surface area contributed by atoms with E-state index in [0.717, 1.165) is 45.4 Å². The molecule has 3 aromatic rings. The first-order valence-electron chi connectivity index (χ1n) is 7.81. The molecule has 3 heteroatoms. The van der Waals surface area contributed by atoms with Gasteiger partial charge < -0.3 is 14.9 Å². The summed E-state index contributed by atoms with van der Waals surface area (Å²) >= 11 is 0. The second-order valence-corrected chi connectivity index (χ2v) is 5.57. The van der Waals surface area contributed by atoms with Gasteiger partial charge in [-0.05, 0) is 41.0 Å². The fourth-order valence-electron chi connectivity index (χ4n) is 2.60. The molecule has 0 atom stereocenters. The number of furan rings is 1. The molecular formula is C20H21NO2. The zero-order valence-corrected chi connectivity index (χ0v) is 13.3. The number of nitrogens with two attached hydrogens (primary N) is 1. The molecule has 0 spiro atoms. The number of allylic oxidation sites excluding steroid dienone is 1. The van der Waals surface area contributed by atoms with E-state index >= 15 is 0 Å². The maximum Gasteiger partial charge on any atom is 0.141 e. The molecule has 0 unspecified atom stereocenters. The van der Waals surface area contributed by atoms with Crippen LogP contribution in [0.2, 0.25) is 0 Å². The molecule has 0 radical (unpaired) electrons. The molecule has 1 aromatic heterocycles. The second kappa shape index (κ2) is 6.71. The molecule has 1 heterocycles. The first-order valence-corrected chi connectivity index (χ1v) is 7.81. The predicted molar refractivity (Wildman–Crippen MR) is 93.8 cm³/mol. The minimum Gasteiger partial charge on any atom is -0.494 e. The third kappa shape index (κ3) is 3.30. The van der Waals surface area contributed by atoms with Crippen LogP contribution < -0.4 is 5.73 Å². The highest BCUT2D eigenvalue weighted by molar-refractivity contribution is 5.93. The second-order valence-electron chi connectivity index (χ2n) is 5.57. The van der Waals surface area contributed by atoms with Crippen molar-refractivity contribution in [3.8, 4) is 11.1 Å². The van der Waals surface area contributed by atoms with E-state index in [2.05, 4.69) is 30.8 Å². The van der Waals surface area contributed by atoms with Crippen LogP contribution >= 0.6 is 0 Å². The molecular weight excluding hydrogens is 286 g/mol. The Morgan fingerprint density at radius 2 is 2.04 bits per heavy atom. The molecule has 0 fully saturated rings. The van der Waals surface area contributed by atoms with Crippen molar-refractivity contribution in [2.24, 2.45) is 5.73 Å². The molecule has 0 amide bonds. The minimum absolute atomic E-state index is 0.511. The molecule has 0 bridgehead atoms. The lowest BCUT2D eigenvalue weighted by Gasteiger charge is -2.10. The molecule has 23 heavy (non-hydrogen) atoms. The Balaban J connectivity index is 2.03. The van der Waals surface area contributed by atoms with E-state index in [0.29, 0.717) is 13.2 Å². The van der Waals surface area contributed by atoms with Crippen molar-refractivity contribution in [2.75, 3.05) is 0 Å². The van der Waals surface area contributed by atoms with Crippen LogP contribution in [-0.2, 0) is 17.9 Å². The summed E-state index contributed by atoms with van der Waals surface area (Å²) in [7, 11) is 0. The zero-order chi connectivity index (χ0) is 16.2. The van der Waals surface area contributed by atoms with Crippen molar-refractivity contribution in [2.45, 2.75) is 26.5 Å². The lowest BCUT2D eigenvalue weighted by molar-refractivity contribution is 0.193. The molecule has 118 valence electrons. The van der Waals surface area contributed by atoms with Gasteiger partial charge >= 0.3 is 0 Å². The number of rotatable bonds is 6. The van der Waals surface area contributed by atoms with Crippen molar-refractivity contribution in [1.29, 1.82) is 0 Å². The lowest BCUT2D eigenvalue weighted by atomic mass is 9.99. The van der Waals surface area contributed by atoms with Crippen LogP contribution in [-0.4, -0.2) is 0 Å². The molecule has 0 saturated heterocycles. The Morgan fingerprint density at radius 1 is 1.17 bits per heavy atom. The molecule has 2 aromatic carbocycles. The van der Waals surface area contributed by atoms with E-state index in [9.17, 15) is 0 Å². The van der Waals surface area contributed by atoms with Gasteiger partial charge in [-0.15, -0.1) is 0 Å². The summed E-state index contributed by atoms with van der Waals surface area (Å²) in [5.41, 5.74) is 11.0. The number of hydrogen-bond donors (Lipinski definition) is 1. The molecule has 0 aliphatic carbocycles. The summed E-state index contributed by atoms with van der Waals surface area (Å²) in [5.74, 6) is 0.795. The van der Waals surface area contributed by atoms with Crippen molar-refractivity contribution in [3.05, 3.63) is 72.2 Å². The normalized spacial score (nSPS) is 10.9. The van der Waals surface area contributed by atoms with Gasteiger partial charge in [0.05, 0.1) is 12.0 Å². The fourth-order valence-corrected chi connectivity index (χ4v) is 2.60. The average Bonchev–Trinajstić information content (AvgIpc) is 3.07. The van der Waals surface area contributed by atoms with E-state index < -0.39 is 0 Å². The predicted octanol–water partition coefficient (Wildman–Crippen LogP) is 5.00. The molecule has 3 rings (SSSR count). The van der Waals surface area contributed by atoms with Gasteiger partial charge in [0, 0.05) is 23.9 Å². The van der Waals surface area contributed by atoms with E-state index in [-0.39, 0.29) is 0 Å². The molecule has 0 aliphatic heterocycles. The largest absolute Gasteiger partial charge is 0.494 e. The quantitative estimate of drug-likeness (QED) is 0.652. The van der Waals surface area contributed by atoms with Crippen molar-refractivity contribution in [3.63, 3.8) is 0 Å². The number of benzene rings is 2. The third-order valence-electron chi connectivity index (χ3n) is 3.92. The van der Waals surface area contributed by atoms with Crippen molar-refractivity contribution < 1.29 is 9.15 Å². The fraction of sp³-hybridized carbons (Fsp3) is 0.200. The van der Waals surface area contributed by atoms with E-state index in [1.807, 2.05) is 25.1 Å². The van der Waals surface area contributed by atoms with Crippen LogP contribution in [0, 0.1) is 0 Å². The Morgan fingerprint density at radius 3 is 2.83 bits per heavy atom. The topological polar surface area (TPSA) is 48.4 Å². The summed E-state index contributed by atoms with van der Waals surface area (Å²) in [6.07, 6.45) is 2.54. The number of fused-ring (bicyclic) bond motifs is 1. The molecule has 0 saturated carbocycles. The average molecular weight is 307 g/mol. The van der Waals surface area contributed by atoms with Gasteiger partial charge in [0.25, 0.3) is 0 Å². The monoisotopic (exact) mass is 307 g/mol. The smallest absolute Gasteiger partial charge is 0.141 e. The van der Waals surface area contributed by atoms with Gasteiger partial charge in [-0.2, -0.15) is 0 Å². The minimum atomic E-state index is 0.511. The van der Waals surface area contributed by atoms with Crippen LogP contribution in [0.25, 0.3) is 22.1 Å². The lowest BCUT2D eigenvalue weighted by Crippen LogP contribution is -1.96. The number of hydrogen-bond acceptors (Lipinski definition) is 3. The van der Waals surface area contributed by atoms with Crippen LogP contribution in [0.15, 0.2) is 65.5 Å². The van der Waals surface area contributed by atoms with Crippen LogP contribution in [0.4, 0.5) is 0 Å².